The van der Waals surface area contributed by atoms with Crippen molar-refractivity contribution in [2.75, 3.05) is 6.54 Å². The predicted molar refractivity (Wildman–Crippen MR) is 78.3 cm³/mol. The summed E-state index contributed by atoms with van der Waals surface area (Å²) >= 11 is 2.05. The zero-order valence-electron chi connectivity index (χ0n) is 10.9. The lowest BCUT2D eigenvalue weighted by Gasteiger charge is -2.24. The average molecular weight is 349 g/mol. The minimum Gasteiger partial charge on any atom is -0.310 e. The van der Waals surface area contributed by atoms with E-state index in [1.54, 1.807) is 10.9 Å². The Hall–Kier alpha value is -0.430. The van der Waals surface area contributed by atoms with Crippen molar-refractivity contribution in [1.82, 2.24) is 14.9 Å². The highest BCUT2D eigenvalue weighted by Crippen LogP contribution is 2.06. The van der Waals surface area contributed by atoms with E-state index in [-0.39, 0.29) is 11.1 Å². The molecule has 0 saturated heterocycles. The van der Waals surface area contributed by atoms with E-state index in [9.17, 15) is 4.79 Å². The summed E-state index contributed by atoms with van der Waals surface area (Å²) in [6, 6.07) is 0. The van der Waals surface area contributed by atoms with Gasteiger partial charge >= 0.3 is 0 Å². The minimum atomic E-state index is 0.0502. The first-order valence-corrected chi connectivity index (χ1v) is 6.92. The smallest absolute Gasteiger partial charge is 0.267 e. The summed E-state index contributed by atoms with van der Waals surface area (Å²) in [7, 11) is 0. The molecule has 4 nitrogen and oxygen atoms in total. The van der Waals surface area contributed by atoms with Crippen LogP contribution in [0.2, 0.25) is 0 Å². The summed E-state index contributed by atoms with van der Waals surface area (Å²) in [5, 5.41) is 3.43. The molecule has 0 aromatic carbocycles. The number of nitrogens with zero attached hydrogens (tertiary/aromatic N) is 2. The molecule has 5 heteroatoms. The molecule has 1 aromatic rings. The van der Waals surface area contributed by atoms with Crippen LogP contribution in [0.25, 0.3) is 0 Å². The summed E-state index contributed by atoms with van der Waals surface area (Å²) in [5.41, 5.74) is 0.970. The van der Waals surface area contributed by atoms with Crippen molar-refractivity contribution in [3.63, 3.8) is 0 Å². The highest BCUT2D eigenvalue weighted by Gasteiger charge is 2.13. The fourth-order valence-electron chi connectivity index (χ4n) is 1.35. The van der Waals surface area contributed by atoms with Gasteiger partial charge in [-0.1, -0.05) is 6.92 Å². The van der Waals surface area contributed by atoms with Gasteiger partial charge in [-0.2, -0.15) is 0 Å². The Morgan fingerprint density at radius 1 is 1.53 bits per heavy atom. The number of nitrogens with one attached hydrogen (secondary N) is 1. The molecule has 1 N–H and O–H groups in total. The molecule has 0 aliphatic rings. The van der Waals surface area contributed by atoms with Crippen LogP contribution in [-0.2, 0) is 6.54 Å². The second-order valence-corrected chi connectivity index (χ2v) is 5.89. The SMILES string of the molecule is CCC(C)(C)NCCn1cnc(C)c(I)c1=O. The van der Waals surface area contributed by atoms with Crippen LogP contribution in [0, 0.1) is 10.5 Å². The third-order valence-corrected chi connectivity index (χ3v) is 4.24. The van der Waals surface area contributed by atoms with E-state index in [0.717, 1.165) is 18.7 Å². The summed E-state index contributed by atoms with van der Waals surface area (Å²) < 4.78 is 2.37. The van der Waals surface area contributed by atoms with Gasteiger partial charge < -0.3 is 5.32 Å². The molecule has 1 aromatic heterocycles. The van der Waals surface area contributed by atoms with Gasteiger partial charge in [0.05, 0.1) is 15.6 Å². The fraction of sp³-hybridized carbons (Fsp3) is 0.667. The third-order valence-electron chi connectivity index (χ3n) is 3.00. The molecule has 0 unspecified atom stereocenters. The molecule has 17 heavy (non-hydrogen) atoms. The van der Waals surface area contributed by atoms with Crippen molar-refractivity contribution in [3.05, 3.63) is 25.9 Å². The van der Waals surface area contributed by atoms with Gasteiger partial charge in [-0.25, -0.2) is 4.98 Å². The number of rotatable bonds is 5. The first-order chi connectivity index (χ1) is 7.87. The Balaban J connectivity index is 2.65. The molecule has 0 saturated carbocycles. The van der Waals surface area contributed by atoms with Crippen LogP contribution in [0.15, 0.2) is 11.1 Å². The second kappa shape index (κ2) is 5.95. The van der Waals surface area contributed by atoms with Crippen molar-refractivity contribution in [2.45, 2.75) is 46.2 Å². The predicted octanol–water partition coefficient (Wildman–Crippen LogP) is 1.93. The first kappa shape index (κ1) is 14.6. The molecule has 1 rings (SSSR count). The number of halogens is 1. The molecule has 0 bridgehead atoms. The molecule has 0 fully saturated rings. The molecule has 1 heterocycles. The Bertz CT molecular complexity index is 440. The lowest BCUT2D eigenvalue weighted by Crippen LogP contribution is -2.41. The minimum absolute atomic E-state index is 0.0502. The summed E-state index contributed by atoms with van der Waals surface area (Å²) in [5.74, 6) is 0. The van der Waals surface area contributed by atoms with Gasteiger partial charge in [0.1, 0.15) is 0 Å². The van der Waals surface area contributed by atoms with Crippen LogP contribution in [0.5, 0.6) is 0 Å². The maximum absolute atomic E-state index is 11.9. The molecule has 96 valence electrons. The van der Waals surface area contributed by atoms with Gasteiger partial charge in [0.15, 0.2) is 0 Å². The molecule has 0 atom stereocenters. The van der Waals surface area contributed by atoms with E-state index in [1.807, 2.05) is 6.92 Å². The monoisotopic (exact) mass is 349 g/mol. The van der Waals surface area contributed by atoms with E-state index in [4.69, 9.17) is 0 Å². The van der Waals surface area contributed by atoms with Gasteiger partial charge in [0.25, 0.3) is 5.56 Å². The Kier molecular flexibility index (Phi) is 5.12. The van der Waals surface area contributed by atoms with E-state index >= 15 is 0 Å². The van der Waals surface area contributed by atoms with Gasteiger partial charge in [-0.3, -0.25) is 9.36 Å². The standard InChI is InChI=1S/C12H20IN3O/c1-5-12(3,4)15-6-7-16-8-14-9(2)10(13)11(16)17/h8,15H,5-7H2,1-4H3. The van der Waals surface area contributed by atoms with E-state index in [0.29, 0.717) is 10.1 Å². The van der Waals surface area contributed by atoms with Gasteiger partial charge in [-0.15, -0.1) is 0 Å². The van der Waals surface area contributed by atoms with Crippen LogP contribution in [0.3, 0.4) is 0 Å². The first-order valence-electron chi connectivity index (χ1n) is 5.84. The van der Waals surface area contributed by atoms with Gasteiger partial charge in [0, 0.05) is 18.6 Å². The van der Waals surface area contributed by atoms with E-state index < -0.39 is 0 Å². The van der Waals surface area contributed by atoms with Crippen molar-refractivity contribution in [2.24, 2.45) is 0 Å². The number of aromatic nitrogens is 2. The maximum Gasteiger partial charge on any atom is 0.267 e. The fourth-order valence-corrected chi connectivity index (χ4v) is 1.79. The molecular weight excluding hydrogens is 329 g/mol. The zero-order valence-corrected chi connectivity index (χ0v) is 13.0. The number of hydrogen-bond donors (Lipinski definition) is 1. The second-order valence-electron chi connectivity index (χ2n) is 4.81. The molecule has 0 spiro atoms. The summed E-state index contributed by atoms with van der Waals surface area (Å²) in [6.07, 6.45) is 2.69. The topological polar surface area (TPSA) is 46.9 Å². The van der Waals surface area contributed by atoms with Crippen LogP contribution in [0.1, 0.15) is 32.9 Å². The summed E-state index contributed by atoms with van der Waals surface area (Å²) in [6.45, 7) is 9.76. The number of aryl methyl sites for hydroxylation is 1. The Morgan fingerprint density at radius 2 is 2.18 bits per heavy atom. The Labute approximate surface area is 116 Å². The van der Waals surface area contributed by atoms with Crippen LogP contribution in [-0.4, -0.2) is 21.6 Å². The van der Waals surface area contributed by atoms with Gasteiger partial charge in [-0.05, 0) is 49.8 Å². The van der Waals surface area contributed by atoms with E-state index in [2.05, 4.69) is 53.7 Å². The summed E-state index contributed by atoms with van der Waals surface area (Å²) in [4.78, 5) is 16.1. The van der Waals surface area contributed by atoms with Crippen molar-refractivity contribution < 1.29 is 0 Å². The lowest BCUT2D eigenvalue weighted by molar-refractivity contribution is 0.366. The molecule has 0 radical (unpaired) electrons. The molecule has 0 aliphatic carbocycles. The quantitative estimate of drug-likeness (QED) is 0.827. The molecular formula is C12H20IN3O. The number of hydrogen-bond acceptors (Lipinski definition) is 3. The van der Waals surface area contributed by atoms with Crippen molar-refractivity contribution in [3.8, 4) is 0 Å². The third kappa shape index (κ3) is 4.06. The van der Waals surface area contributed by atoms with Crippen LogP contribution < -0.4 is 10.9 Å². The van der Waals surface area contributed by atoms with Gasteiger partial charge in [0.2, 0.25) is 0 Å². The van der Waals surface area contributed by atoms with Crippen LogP contribution >= 0.6 is 22.6 Å². The van der Waals surface area contributed by atoms with E-state index in [1.165, 1.54) is 0 Å². The molecule has 0 aliphatic heterocycles. The largest absolute Gasteiger partial charge is 0.310 e. The zero-order chi connectivity index (χ0) is 13.1. The highest BCUT2D eigenvalue weighted by atomic mass is 127. The normalized spacial score (nSPS) is 11.8. The molecule has 0 amide bonds. The lowest BCUT2D eigenvalue weighted by atomic mass is 10.0. The van der Waals surface area contributed by atoms with Crippen molar-refractivity contribution in [1.29, 1.82) is 0 Å². The van der Waals surface area contributed by atoms with Crippen LogP contribution in [0.4, 0.5) is 0 Å². The Morgan fingerprint density at radius 3 is 2.76 bits per heavy atom. The highest BCUT2D eigenvalue weighted by molar-refractivity contribution is 14.1. The maximum atomic E-state index is 11.9. The van der Waals surface area contributed by atoms with Crippen molar-refractivity contribution >= 4 is 22.6 Å². The average Bonchev–Trinajstić information content (AvgIpc) is 2.29.